The first-order valence-corrected chi connectivity index (χ1v) is 6.61. The molecule has 0 saturated heterocycles. The van der Waals surface area contributed by atoms with Gasteiger partial charge >= 0.3 is 0 Å². The molecule has 0 bridgehead atoms. The second-order valence-corrected chi connectivity index (χ2v) is 4.70. The van der Waals surface area contributed by atoms with Gasteiger partial charge in [0.25, 0.3) is 0 Å². The lowest BCUT2D eigenvalue weighted by molar-refractivity contribution is -0.104. The van der Waals surface area contributed by atoms with Crippen molar-refractivity contribution < 1.29 is 4.79 Å². The summed E-state index contributed by atoms with van der Waals surface area (Å²) >= 11 is 0. The molecule has 1 aromatic carbocycles. The van der Waals surface area contributed by atoms with Crippen molar-refractivity contribution >= 4 is 6.29 Å². The number of nitrogens with zero attached hydrogens (tertiary/aromatic N) is 3. The molecule has 1 atom stereocenters. The zero-order valence-corrected chi connectivity index (χ0v) is 11.0. The fraction of sp³-hybridized carbons (Fsp3) is 0.188. The number of allylic oxidation sites excluding steroid dienone is 1. The van der Waals surface area contributed by atoms with E-state index in [1.165, 1.54) is 17.2 Å². The zero-order chi connectivity index (χ0) is 13.8. The first-order chi connectivity index (χ1) is 9.90. The summed E-state index contributed by atoms with van der Waals surface area (Å²) in [6.45, 7) is 0.871. The molecule has 1 aliphatic heterocycles. The average molecular weight is 265 g/mol. The van der Waals surface area contributed by atoms with Crippen LogP contribution in [0.1, 0.15) is 22.9 Å². The van der Waals surface area contributed by atoms with Crippen molar-refractivity contribution in [2.45, 2.75) is 12.5 Å². The van der Waals surface area contributed by atoms with Crippen LogP contribution in [0.25, 0.3) is 0 Å². The van der Waals surface area contributed by atoms with Gasteiger partial charge in [-0.1, -0.05) is 24.3 Å². The normalized spacial score (nSPS) is 18.0. The topological polar surface area (TPSA) is 46.1 Å². The molecule has 0 amide bonds. The highest BCUT2D eigenvalue weighted by atomic mass is 16.1. The summed E-state index contributed by atoms with van der Waals surface area (Å²) < 4.78 is 0. The van der Waals surface area contributed by atoms with E-state index in [1.54, 1.807) is 12.5 Å². The van der Waals surface area contributed by atoms with Crippen LogP contribution < -0.4 is 0 Å². The Kier molecular flexibility index (Phi) is 3.54. The fourth-order valence-corrected chi connectivity index (χ4v) is 2.68. The van der Waals surface area contributed by atoms with E-state index in [2.05, 4.69) is 33.1 Å². The summed E-state index contributed by atoms with van der Waals surface area (Å²) in [5.41, 5.74) is 3.53. The van der Waals surface area contributed by atoms with Crippen LogP contribution in [0.2, 0.25) is 0 Å². The molecule has 4 heteroatoms. The third-order valence-corrected chi connectivity index (χ3v) is 3.56. The second kappa shape index (κ2) is 5.65. The quantitative estimate of drug-likeness (QED) is 0.630. The summed E-state index contributed by atoms with van der Waals surface area (Å²) in [4.78, 5) is 21.1. The predicted octanol–water partition coefficient (Wildman–Crippen LogP) is 2.14. The van der Waals surface area contributed by atoms with Crippen molar-refractivity contribution in [1.29, 1.82) is 0 Å². The molecule has 0 aliphatic carbocycles. The fourth-order valence-electron chi connectivity index (χ4n) is 2.68. The molecule has 1 aliphatic rings. The Hall–Kier alpha value is -2.49. The van der Waals surface area contributed by atoms with E-state index < -0.39 is 0 Å². The molecule has 0 saturated carbocycles. The summed E-state index contributed by atoms with van der Waals surface area (Å²) in [6, 6.07) is 10.4. The third kappa shape index (κ3) is 2.32. The van der Waals surface area contributed by atoms with Gasteiger partial charge in [-0.15, -0.1) is 0 Å². The van der Waals surface area contributed by atoms with Crippen LogP contribution in [-0.4, -0.2) is 27.7 Å². The molecule has 1 unspecified atom stereocenters. The Balaban J connectivity index is 2.07. The molecule has 0 spiro atoms. The first kappa shape index (κ1) is 12.5. The second-order valence-electron chi connectivity index (χ2n) is 4.70. The van der Waals surface area contributed by atoms with Crippen molar-refractivity contribution in [2.75, 3.05) is 6.54 Å². The summed E-state index contributed by atoms with van der Waals surface area (Å²) in [5.74, 6) is 0. The lowest BCUT2D eigenvalue weighted by atomic mass is 9.91. The van der Waals surface area contributed by atoms with Crippen LogP contribution in [0, 0.1) is 0 Å². The van der Waals surface area contributed by atoms with E-state index in [0.29, 0.717) is 0 Å². The maximum absolute atomic E-state index is 10.6. The molecule has 2 aromatic rings. The summed E-state index contributed by atoms with van der Waals surface area (Å²) in [6.07, 6.45) is 8.46. The van der Waals surface area contributed by atoms with E-state index in [4.69, 9.17) is 0 Å². The molecule has 100 valence electrons. The van der Waals surface area contributed by atoms with Crippen molar-refractivity contribution in [3.05, 3.63) is 72.0 Å². The smallest absolute Gasteiger partial charge is 0.144 e. The van der Waals surface area contributed by atoms with Gasteiger partial charge in [0, 0.05) is 18.9 Å². The number of benzene rings is 1. The molecule has 2 heterocycles. The van der Waals surface area contributed by atoms with Gasteiger partial charge < -0.3 is 4.90 Å². The highest BCUT2D eigenvalue weighted by Gasteiger charge is 2.27. The molecular formula is C16H15N3O. The number of carbonyl (C=O) groups is 1. The predicted molar refractivity (Wildman–Crippen MR) is 75.9 cm³/mol. The van der Waals surface area contributed by atoms with Crippen molar-refractivity contribution in [3.63, 3.8) is 0 Å². The van der Waals surface area contributed by atoms with Gasteiger partial charge in [0.15, 0.2) is 0 Å². The van der Waals surface area contributed by atoms with E-state index >= 15 is 0 Å². The van der Waals surface area contributed by atoms with Gasteiger partial charge in [-0.3, -0.25) is 4.79 Å². The number of hydrogen-bond acceptors (Lipinski definition) is 4. The first-order valence-electron chi connectivity index (χ1n) is 6.61. The minimum atomic E-state index is 0.0409. The van der Waals surface area contributed by atoms with Crippen molar-refractivity contribution in [2.24, 2.45) is 0 Å². The van der Waals surface area contributed by atoms with Crippen LogP contribution >= 0.6 is 0 Å². The van der Waals surface area contributed by atoms with E-state index in [-0.39, 0.29) is 6.04 Å². The Morgan fingerprint density at radius 1 is 1.25 bits per heavy atom. The van der Waals surface area contributed by atoms with Crippen LogP contribution in [0.4, 0.5) is 0 Å². The van der Waals surface area contributed by atoms with E-state index in [1.807, 2.05) is 18.3 Å². The largest absolute Gasteiger partial charge is 0.364 e. The molecule has 20 heavy (non-hydrogen) atoms. The third-order valence-electron chi connectivity index (χ3n) is 3.56. The number of aldehydes is 1. The Morgan fingerprint density at radius 3 is 2.95 bits per heavy atom. The van der Waals surface area contributed by atoms with Crippen LogP contribution in [0.15, 0.2) is 55.1 Å². The standard InChI is InChI=1S/C16H15N3O/c20-11-3-9-19-10-7-13-4-1-2-5-14(13)16(19)15-6-8-17-12-18-15/h1-6,8-9,11-12,16H,7,10H2. The molecule has 4 nitrogen and oxygen atoms in total. The minimum absolute atomic E-state index is 0.0409. The van der Waals surface area contributed by atoms with Gasteiger partial charge in [-0.05, 0) is 29.7 Å². The van der Waals surface area contributed by atoms with E-state index in [9.17, 15) is 4.79 Å². The van der Waals surface area contributed by atoms with Gasteiger partial charge in [0.1, 0.15) is 12.6 Å². The van der Waals surface area contributed by atoms with Crippen molar-refractivity contribution in [1.82, 2.24) is 14.9 Å². The number of fused-ring (bicyclic) bond motifs is 1. The molecular weight excluding hydrogens is 250 g/mol. The van der Waals surface area contributed by atoms with Gasteiger partial charge in [-0.2, -0.15) is 0 Å². The lowest BCUT2D eigenvalue weighted by Gasteiger charge is -2.36. The molecule has 0 N–H and O–H groups in total. The van der Waals surface area contributed by atoms with E-state index in [0.717, 1.165) is 24.9 Å². The number of rotatable bonds is 3. The van der Waals surface area contributed by atoms with Crippen LogP contribution in [0.5, 0.6) is 0 Å². The Bertz CT molecular complexity index is 625. The van der Waals surface area contributed by atoms with Crippen molar-refractivity contribution in [3.8, 4) is 0 Å². The minimum Gasteiger partial charge on any atom is -0.364 e. The molecule has 0 radical (unpaired) electrons. The highest BCUT2D eigenvalue weighted by Crippen LogP contribution is 2.33. The van der Waals surface area contributed by atoms with Gasteiger partial charge in [0.05, 0.1) is 11.7 Å². The SMILES string of the molecule is O=CC=CN1CCc2ccccc2C1c1ccncn1. The summed E-state index contributed by atoms with van der Waals surface area (Å²) in [7, 11) is 0. The maximum atomic E-state index is 10.6. The summed E-state index contributed by atoms with van der Waals surface area (Å²) in [5, 5.41) is 0. The van der Waals surface area contributed by atoms with Crippen LogP contribution in [0.3, 0.4) is 0 Å². The van der Waals surface area contributed by atoms with Gasteiger partial charge in [0.2, 0.25) is 0 Å². The number of carbonyl (C=O) groups excluding carboxylic acids is 1. The van der Waals surface area contributed by atoms with Crippen LogP contribution in [-0.2, 0) is 11.2 Å². The molecule has 3 rings (SSSR count). The number of hydrogen-bond donors (Lipinski definition) is 0. The monoisotopic (exact) mass is 265 g/mol. The van der Waals surface area contributed by atoms with Gasteiger partial charge in [-0.25, -0.2) is 9.97 Å². The highest BCUT2D eigenvalue weighted by molar-refractivity contribution is 5.64. The maximum Gasteiger partial charge on any atom is 0.144 e. The molecule has 0 fully saturated rings. The zero-order valence-electron chi connectivity index (χ0n) is 11.0. The Morgan fingerprint density at radius 2 is 2.15 bits per heavy atom. The Labute approximate surface area is 117 Å². The number of aromatic nitrogens is 2. The molecule has 1 aromatic heterocycles. The average Bonchev–Trinajstić information content (AvgIpc) is 2.53. The lowest BCUT2D eigenvalue weighted by Crippen LogP contribution is -2.32.